The van der Waals surface area contributed by atoms with Crippen molar-refractivity contribution in [3.05, 3.63) is 65.9 Å². The van der Waals surface area contributed by atoms with Gasteiger partial charge in [-0.15, -0.1) is 0 Å². The summed E-state index contributed by atoms with van der Waals surface area (Å²) < 4.78 is 5.22. The number of fused-ring (bicyclic) bond motifs is 1. The summed E-state index contributed by atoms with van der Waals surface area (Å²) in [4.78, 5) is 3.21. The van der Waals surface area contributed by atoms with Crippen molar-refractivity contribution >= 4 is 16.6 Å². The molecule has 2 aromatic carbocycles. The molecule has 0 aliphatic heterocycles. The molecule has 2 N–H and O–H groups in total. The lowest BCUT2D eigenvalue weighted by atomic mass is 10.1. The quantitative estimate of drug-likeness (QED) is 0.734. The fourth-order valence-corrected chi connectivity index (χ4v) is 2.38. The highest BCUT2D eigenvalue weighted by molar-refractivity contribution is 5.80. The lowest BCUT2D eigenvalue weighted by Crippen LogP contribution is -2.02. The van der Waals surface area contributed by atoms with E-state index in [0.29, 0.717) is 6.61 Å². The molecule has 3 aromatic rings. The van der Waals surface area contributed by atoms with Crippen LogP contribution in [0.2, 0.25) is 0 Å². The van der Waals surface area contributed by atoms with Crippen LogP contribution < -0.4 is 5.32 Å². The molecule has 0 bridgehead atoms. The summed E-state index contributed by atoms with van der Waals surface area (Å²) in [5.74, 6) is 0. The van der Waals surface area contributed by atoms with Crippen molar-refractivity contribution in [1.82, 2.24) is 4.98 Å². The second kappa shape index (κ2) is 5.80. The molecule has 0 aliphatic rings. The molecule has 0 atom stereocenters. The number of rotatable bonds is 5. The van der Waals surface area contributed by atoms with Crippen LogP contribution in [0.15, 0.2) is 54.7 Å². The maximum absolute atomic E-state index is 5.22. The summed E-state index contributed by atoms with van der Waals surface area (Å²) in [7, 11) is 1.72. The molecular formula is C17H18N2O. The fraction of sp³-hybridized carbons (Fsp3) is 0.176. The highest BCUT2D eigenvalue weighted by atomic mass is 16.5. The first-order valence-corrected chi connectivity index (χ1v) is 6.73. The molecule has 0 radical (unpaired) electrons. The number of methoxy groups -OCH3 is 1. The summed E-state index contributed by atoms with van der Waals surface area (Å²) in [5.41, 5.74) is 4.75. The van der Waals surface area contributed by atoms with Crippen LogP contribution in [-0.4, -0.2) is 12.1 Å². The van der Waals surface area contributed by atoms with E-state index in [-0.39, 0.29) is 0 Å². The molecule has 0 amide bonds. The van der Waals surface area contributed by atoms with Gasteiger partial charge in [0.05, 0.1) is 6.61 Å². The van der Waals surface area contributed by atoms with Crippen molar-refractivity contribution in [2.75, 3.05) is 12.4 Å². The number of hydrogen-bond acceptors (Lipinski definition) is 2. The van der Waals surface area contributed by atoms with E-state index in [9.17, 15) is 0 Å². The van der Waals surface area contributed by atoms with E-state index in [1.165, 1.54) is 22.0 Å². The number of aromatic nitrogens is 1. The zero-order valence-corrected chi connectivity index (χ0v) is 11.5. The third-order valence-corrected chi connectivity index (χ3v) is 3.42. The number of benzene rings is 2. The van der Waals surface area contributed by atoms with Gasteiger partial charge in [0.2, 0.25) is 0 Å². The second-order valence-electron chi connectivity index (χ2n) is 4.84. The average Bonchev–Trinajstić information content (AvgIpc) is 2.94. The van der Waals surface area contributed by atoms with E-state index in [1.54, 1.807) is 7.11 Å². The van der Waals surface area contributed by atoms with Crippen LogP contribution in [0.3, 0.4) is 0 Å². The number of hydrogen-bond donors (Lipinski definition) is 2. The van der Waals surface area contributed by atoms with Crippen molar-refractivity contribution in [3.8, 4) is 0 Å². The van der Waals surface area contributed by atoms with Gasteiger partial charge in [-0.25, -0.2) is 0 Å². The van der Waals surface area contributed by atoms with Crippen LogP contribution in [0.4, 0.5) is 5.69 Å². The van der Waals surface area contributed by atoms with E-state index in [0.717, 1.165) is 12.2 Å². The first-order chi connectivity index (χ1) is 9.86. The molecule has 0 saturated carbocycles. The molecule has 0 saturated heterocycles. The van der Waals surface area contributed by atoms with Crippen molar-refractivity contribution in [1.29, 1.82) is 0 Å². The molecule has 1 heterocycles. The fourth-order valence-electron chi connectivity index (χ4n) is 2.38. The van der Waals surface area contributed by atoms with Gasteiger partial charge in [-0.1, -0.05) is 24.3 Å². The number of aromatic amines is 1. The Morgan fingerprint density at radius 2 is 2.00 bits per heavy atom. The van der Waals surface area contributed by atoms with Crippen LogP contribution in [0.5, 0.6) is 0 Å². The Morgan fingerprint density at radius 3 is 2.90 bits per heavy atom. The van der Waals surface area contributed by atoms with Crippen molar-refractivity contribution < 1.29 is 4.74 Å². The zero-order valence-electron chi connectivity index (χ0n) is 11.5. The van der Waals surface area contributed by atoms with E-state index in [1.807, 2.05) is 18.3 Å². The van der Waals surface area contributed by atoms with Gasteiger partial charge in [-0.2, -0.15) is 0 Å². The molecule has 0 aliphatic carbocycles. The summed E-state index contributed by atoms with van der Waals surface area (Å²) in [5, 5.41) is 4.73. The predicted molar refractivity (Wildman–Crippen MR) is 82.8 cm³/mol. The second-order valence-corrected chi connectivity index (χ2v) is 4.84. The molecule has 1 aromatic heterocycles. The minimum absolute atomic E-state index is 0.625. The molecule has 3 nitrogen and oxygen atoms in total. The van der Waals surface area contributed by atoms with Crippen molar-refractivity contribution in [2.45, 2.75) is 13.2 Å². The smallest absolute Gasteiger partial charge is 0.0733 e. The minimum Gasteiger partial charge on any atom is -0.381 e. The number of ether oxygens (including phenoxy) is 1. The van der Waals surface area contributed by atoms with Gasteiger partial charge in [-0.3, -0.25) is 0 Å². The maximum Gasteiger partial charge on any atom is 0.0733 e. The Kier molecular flexibility index (Phi) is 3.70. The average molecular weight is 266 g/mol. The summed E-state index contributed by atoms with van der Waals surface area (Å²) in [6.07, 6.45) is 1.97. The largest absolute Gasteiger partial charge is 0.381 e. The van der Waals surface area contributed by atoms with E-state index >= 15 is 0 Å². The van der Waals surface area contributed by atoms with Gasteiger partial charge in [0.25, 0.3) is 0 Å². The number of nitrogens with one attached hydrogen (secondary N) is 2. The first-order valence-electron chi connectivity index (χ1n) is 6.73. The Morgan fingerprint density at radius 1 is 1.10 bits per heavy atom. The van der Waals surface area contributed by atoms with Crippen LogP contribution in [0.1, 0.15) is 11.1 Å². The van der Waals surface area contributed by atoms with Crippen molar-refractivity contribution in [3.63, 3.8) is 0 Å². The Balaban J connectivity index is 1.75. The van der Waals surface area contributed by atoms with Gasteiger partial charge >= 0.3 is 0 Å². The molecule has 0 unspecified atom stereocenters. The Hall–Kier alpha value is -2.26. The number of para-hydroxylation sites is 1. The molecular weight excluding hydrogens is 248 g/mol. The van der Waals surface area contributed by atoms with Gasteiger partial charge in [-0.05, 0) is 35.2 Å². The highest BCUT2D eigenvalue weighted by Crippen LogP contribution is 2.19. The first kappa shape index (κ1) is 12.8. The molecule has 20 heavy (non-hydrogen) atoms. The normalized spacial score (nSPS) is 10.8. The topological polar surface area (TPSA) is 37.0 Å². The number of H-pyrrole nitrogens is 1. The van der Waals surface area contributed by atoms with Crippen LogP contribution in [0.25, 0.3) is 10.9 Å². The third kappa shape index (κ3) is 2.68. The van der Waals surface area contributed by atoms with E-state index in [4.69, 9.17) is 4.74 Å². The standard InChI is InChI=1S/C17H18N2O/c1-20-12-15-4-2-3-5-16(15)19-11-13-6-7-17-14(10-13)8-9-18-17/h2-10,18-19H,11-12H2,1H3. The van der Waals surface area contributed by atoms with Crippen LogP contribution in [-0.2, 0) is 17.9 Å². The van der Waals surface area contributed by atoms with Gasteiger partial charge in [0.1, 0.15) is 0 Å². The Labute approximate surface area is 118 Å². The van der Waals surface area contributed by atoms with Gasteiger partial charge < -0.3 is 15.0 Å². The molecule has 0 spiro atoms. The monoisotopic (exact) mass is 266 g/mol. The lowest BCUT2D eigenvalue weighted by Gasteiger charge is -2.11. The lowest BCUT2D eigenvalue weighted by molar-refractivity contribution is 0.185. The summed E-state index contributed by atoms with van der Waals surface area (Å²) in [6, 6.07) is 16.8. The van der Waals surface area contributed by atoms with Gasteiger partial charge in [0, 0.05) is 36.6 Å². The van der Waals surface area contributed by atoms with Crippen molar-refractivity contribution in [2.24, 2.45) is 0 Å². The molecule has 102 valence electrons. The van der Waals surface area contributed by atoms with E-state index < -0.39 is 0 Å². The van der Waals surface area contributed by atoms with Gasteiger partial charge in [0.15, 0.2) is 0 Å². The molecule has 3 rings (SSSR count). The maximum atomic E-state index is 5.22. The van der Waals surface area contributed by atoms with E-state index in [2.05, 4.69) is 46.7 Å². The number of anilines is 1. The zero-order chi connectivity index (χ0) is 13.8. The third-order valence-electron chi connectivity index (χ3n) is 3.42. The Bertz CT molecular complexity index is 703. The summed E-state index contributed by atoms with van der Waals surface area (Å²) in [6.45, 7) is 1.43. The minimum atomic E-state index is 0.625. The SMILES string of the molecule is COCc1ccccc1NCc1ccc2[nH]ccc2c1. The predicted octanol–water partition coefficient (Wildman–Crippen LogP) is 3.93. The molecule has 3 heteroatoms. The van der Waals surface area contributed by atoms with Crippen LogP contribution in [0, 0.1) is 0 Å². The van der Waals surface area contributed by atoms with Crippen LogP contribution >= 0.6 is 0 Å². The molecule has 0 fully saturated rings. The summed E-state index contributed by atoms with van der Waals surface area (Å²) >= 11 is 0. The highest BCUT2D eigenvalue weighted by Gasteiger charge is 2.02.